The normalized spacial score (nSPS) is 14.7. The van der Waals surface area contributed by atoms with E-state index < -0.39 is 97.5 Å². The van der Waals surface area contributed by atoms with Crippen LogP contribution in [0.1, 0.15) is 297 Å². The van der Waals surface area contributed by atoms with Crippen molar-refractivity contribution in [3.05, 3.63) is 170 Å². The third-order valence-electron chi connectivity index (χ3n) is 16.2. The minimum absolute atomic E-state index is 0.0649. The van der Waals surface area contributed by atoms with Crippen LogP contribution in [0.3, 0.4) is 0 Å². The monoisotopic (exact) mass is 1520 g/mol. The molecular formula is C87H142O17P2. The van der Waals surface area contributed by atoms with E-state index in [2.05, 4.69) is 186 Å². The quantitative estimate of drug-likeness (QED) is 0.0169. The number of phosphoric ester groups is 2. The van der Waals surface area contributed by atoms with Gasteiger partial charge in [0.25, 0.3) is 0 Å². The van der Waals surface area contributed by atoms with Crippen LogP contribution in [0.2, 0.25) is 0 Å². The second-order valence-corrected chi connectivity index (χ2v) is 29.1. The molecule has 5 unspecified atom stereocenters. The molecule has 0 heterocycles. The Balaban J connectivity index is 5.46. The molecule has 0 aromatic carbocycles. The van der Waals surface area contributed by atoms with E-state index in [0.717, 1.165) is 186 Å². The first-order chi connectivity index (χ1) is 51.7. The van der Waals surface area contributed by atoms with Gasteiger partial charge in [-0.05, 0) is 167 Å². The summed E-state index contributed by atoms with van der Waals surface area (Å²) in [5, 5.41) is 10.6. The predicted molar refractivity (Wildman–Crippen MR) is 436 cm³/mol. The molecule has 0 saturated carbocycles. The highest BCUT2D eigenvalue weighted by Crippen LogP contribution is 2.45. The molecule has 602 valence electrons. The van der Waals surface area contributed by atoms with Gasteiger partial charge >= 0.3 is 39.5 Å². The molecule has 0 aromatic heterocycles. The van der Waals surface area contributed by atoms with Gasteiger partial charge in [0.05, 0.1) is 26.4 Å². The second kappa shape index (κ2) is 77.6. The van der Waals surface area contributed by atoms with Crippen molar-refractivity contribution in [2.45, 2.75) is 316 Å². The molecule has 0 aliphatic heterocycles. The number of hydrogen-bond acceptors (Lipinski definition) is 15. The van der Waals surface area contributed by atoms with Gasteiger partial charge in [0, 0.05) is 25.7 Å². The molecule has 3 N–H and O–H groups in total. The fraction of sp³-hybridized carbons (Fsp3) is 0.632. The second-order valence-electron chi connectivity index (χ2n) is 26.2. The zero-order valence-corrected chi connectivity index (χ0v) is 67.6. The van der Waals surface area contributed by atoms with Gasteiger partial charge < -0.3 is 33.8 Å². The average Bonchev–Trinajstić information content (AvgIpc) is 0.900. The van der Waals surface area contributed by atoms with E-state index >= 15 is 0 Å². The number of phosphoric acid groups is 2. The maximum atomic E-state index is 13.1. The Morgan fingerprint density at radius 2 is 0.500 bits per heavy atom. The molecule has 0 spiro atoms. The molecule has 19 heteroatoms. The molecule has 17 nitrogen and oxygen atoms in total. The molecule has 0 bridgehead atoms. The first-order valence-corrected chi connectivity index (χ1v) is 43.4. The van der Waals surface area contributed by atoms with E-state index in [1.807, 2.05) is 12.2 Å². The summed E-state index contributed by atoms with van der Waals surface area (Å²) in [7, 11) is -10.0. The van der Waals surface area contributed by atoms with Crippen LogP contribution in [0.5, 0.6) is 0 Å². The Morgan fingerprint density at radius 3 is 0.811 bits per heavy atom. The highest BCUT2D eigenvalue weighted by Gasteiger charge is 2.30. The number of aliphatic hydroxyl groups excluding tert-OH is 1. The maximum absolute atomic E-state index is 13.1. The van der Waals surface area contributed by atoms with Crippen molar-refractivity contribution in [1.29, 1.82) is 0 Å². The number of carbonyl (C=O) groups excluding carboxylic acids is 4. The smallest absolute Gasteiger partial charge is 0.462 e. The number of rotatable bonds is 74. The zero-order valence-electron chi connectivity index (χ0n) is 65.8. The van der Waals surface area contributed by atoms with E-state index in [0.29, 0.717) is 32.1 Å². The standard InChI is InChI=1S/C87H142O17P2/c1-5-9-13-17-21-25-29-33-36-39-40-43-45-49-52-56-60-64-68-72-85(90)97-77-82(103-86(91)73-69-65-61-57-53-47-32-28-24-20-16-12-8-4)79-101-105(93,94)99-75-81(88)76-100-106(95,96)102-80-83(104-87(92)74-70-66-62-58-54-50-46-42-38-35-31-27-23-19-15-11-7-3)78-98-84(89)71-67-63-59-55-51-48-44-41-37-34-30-26-22-18-14-10-6-2/h9-11,13-15,21-23,25-28,32-38,40,43-44,48-49,52,55,59,81-83,88H,5-8,12,16-20,24,29-31,39,41-42,45-47,50-51,53-54,56-58,60-80H2,1-4H3,(H,93,94)(H,95,96)/b13-9-,14-10-,15-11-,25-21-,26-22-,27-23-,32-28-,36-33-,37-34-,38-35-,43-40-,48-44-,52-49-,59-55-. The average molecular weight is 1520 g/mol. The minimum atomic E-state index is -5.00. The van der Waals surface area contributed by atoms with Crippen LogP contribution in [-0.2, 0) is 65.4 Å². The molecular weight excluding hydrogens is 1380 g/mol. The summed E-state index contributed by atoms with van der Waals surface area (Å²) in [4.78, 5) is 73.1. The molecule has 0 amide bonds. The predicted octanol–water partition coefficient (Wildman–Crippen LogP) is 23.8. The molecule has 0 rings (SSSR count). The maximum Gasteiger partial charge on any atom is 0.472 e. The topological polar surface area (TPSA) is 237 Å². The Morgan fingerprint density at radius 1 is 0.274 bits per heavy atom. The Labute approximate surface area is 642 Å². The Kier molecular flexibility index (Phi) is 73.5. The summed E-state index contributed by atoms with van der Waals surface area (Å²) in [5.41, 5.74) is 0. The molecule has 0 aliphatic carbocycles. The van der Waals surface area contributed by atoms with Crippen molar-refractivity contribution in [3.8, 4) is 0 Å². The van der Waals surface area contributed by atoms with Crippen molar-refractivity contribution in [1.82, 2.24) is 0 Å². The fourth-order valence-corrected chi connectivity index (χ4v) is 11.7. The van der Waals surface area contributed by atoms with Crippen LogP contribution in [-0.4, -0.2) is 96.7 Å². The highest BCUT2D eigenvalue weighted by atomic mass is 31.2. The highest BCUT2D eigenvalue weighted by molar-refractivity contribution is 7.47. The number of esters is 4. The van der Waals surface area contributed by atoms with Crippen molar-refractivity contribution in [2.24, 2.45) is 0 Å². The summed E-state index contributed by atoms with van der Waals surface area (Å²) >= 11 is 0. The molecule has 0 aromatic rings. The van der Waals surface area contributed by atoms with E-state index in [-0.39, 0.29) is 25.7 Å². The first kappa shape index (κ1) is 100. The lowest BCUT2D eigenvalue weighted by molar-refractivity contribution is -0.161. The van der Waals surface area contributed by atoms with Crippen molar-refractivity contribution in [2.75, 3.05) is 39.6 Å². The van der Waals surface area contributed by atoms with Gasteiger partial charge in [-0.2, -0.15) is 0 Å². The van der Waals surface area contributed by atoms with Crippen LogP contribution in [0, 0.1) is 0 Å². The van der Waals surface area contributed by atoms with Gasteiger partial charge in [0.2, 0.25) is 0 Å². The number of ether oxygens (including phenoxy) is 4. The Hall–Kier alpha value is -5.58. The van der Waals surface area contributed by atoms with Gasteiger partial charge in [-0.1, -0.05) is 275 Å². The summed E-state index contributed by atoms with van der Waals surface area (Å²) in [6.07, 6.45) is 91.9. The van der Waals surface area contributed by atoms with Gasteiger partial charge in [0.15, 0.2) is 12.2 Å². The largest absolute Gasteiger partial charge is 0.472 e. The van der Waals surface area contributed by atoms with Gasteiger partial charge in [0.1, 0.15) is 19.3 Å². The molecule has 0 fully saturated rings. The van der Waals surface area contributed by atoms with Crippen LogP contribution in [0.15, 0.2) is 170 Å². The molecule has 0 saturated heterocycles. The summed E-state index contributed by atoms with van der Waals surface area (Å²) in [6.45, 7) is 4.39. The van der Waals surface area contributed by atoms with Crippen LogP contribution < -0.4 is 0 Å². The summed E-state index contributed by atoms with van der Waals surface area (Å²) < 4.78 is 68.6. The summed E-state index contributed by atoms with van der Waals surface area (Å²) in [6, 6.07) is 0. The molecule has 5 atom stereocenters. The van der Waals surface area contributed by atoms with Gasteiger partial charge in [-0.15, -0.1) is 0 Å². The third-order valence-corrected chi connectivity index (χ3v) is 18.1. The first-order valence-electron chi connectivity index (χ1n) is 40.4. The van der Waals surface area contributed by atoms with E-state index in [9.17, 15) is 43.2 Å². The number of hydrogen-bond donors (Lipinski definition) is 3. The van der Waals surface area contributed by atoms with Crippen molar-refractivity contribution >= 4 is 39.5 Å². The van der Waals surface area contributed by atoms with Crippen LogP contribution in [0.25, 0.3) is 0 Å². The lowest BCUT2D eigenvalue weighted by Crippen LogP contribution is -2.30. The SMILES string of the molecule is CC/C=C\C/C=C\C/C=C\C/C=C\C/C=C\CCCCCC(=O)OCC(COP(=O)(O)OCC(O)COP(=O)(O)OCC(COC(=O)CCC/C=C\C/C=C\C/C=C\C/C=C\C/C=C\CC)OC(=O)CCCCCCCCC/C=C\C/C=C\C/C=C\CC)OC(=O)CCCCCCC/C=C\CCCCCC. The summed E-state index contributed by atoms with van der Waals surface area (Å²) in [5.74, 6) is -2.31. The number of carbonyl (C=O) groups is 4. The lowest BCUT2D eigenvalue weighted by Gasteiger charge is -2.21. The van der Waals surface area contributed by atoms with E-state index in [4.69, 9.17) is 37.0 Å². The zero-order chi connectivity index (χ0) is 77.4. The van der Waals surface area contributed by atoms with Gasteiger partial charge in [-0.25, -0.2) is 9.13 Å². The minimum Gasteiger partial charge on any atom is -0.462 e. The van der Waals surface area contributed by atoms with Crippen LogP contribution in [0.4, 0.5) is 0 Å². The van der Waals surface area contributed by atoms with Crippen molar-refractivity contribution in [3.63, 3.8) is 0 Å². The lowest BCUT2D eigenvalue weighted by atomic mass is 10.1. The van der Waals surface area contributed by atoms with E-state index in [1.165, 1.54) is 25.7 Å². The number of unbranched alkanes of at least 4 members (excludes halogenated alkanes) is 20. The van der Waals surface area contributed by atoms with Crippen molar-refractivity contribution < 1.29 is 80.2 Å². The number of aliphatic hydroxyl groups is 1. The Bertz CT molecular complexity index is 2680. The van der Waals surface area contributed by atoms with Crippen LogP contribution >= 0.6 is 15.6 Å². The fourth-order valence-electron chi connectivity index (χ4n) is 10.1. The molecule has 0 radical (unpaired) electrons. The van der Waals surface area contributed by atoms with E-state index in [1.54, 1.807) is 0 Å². The third kappa shape index (κ3) is 76.6. The molecule has 0 aliphatic rings. The number of allylic oxidation sites excluding steroid dienone is 28. The molecule has 106 heavy (non-hydrogen) atoms. The van der Waals surface area contributed by atoms with Gasteiger partial charge in [-0.3, -0.25) is 37.3 Å².